The fraction of sp³-hybridized carbons (Fsp3) is 0.333. The molecular formula is C18H21ClN4O. The van der Waals surface area contributed by atoms with Gasteiger partial charge in [-0.3, -0.25) is 10.1 Å². The molecule has 24 heavy (non-hydrogen) atoms. The second-order valence-corrected chi connectivity index (χ2v) is 7.28. The average Bonchev–Trinajstić information content (AvgIpc) is 3.00. The summed E-state index contributed by atoms with van der Waals surface area (Å²) in [5.41, 5.74) is 2.07. The van der Waals surface area contributed by atoms with Gasteiger partial charge in [0.25, 0.3) is 0 Å². The van der Waals surface area contributed by atoms with Crippen LogP contribution in [0.3, 0.4) is 0 Å². The summed E-state index contributed by atoms with van der Waals surface area (Å²) in [6.07, 6.45) is 3.75. The van der Waals surface area contributed by atoms with Crippen LogP contribution in [0.2, 0.25) is 5.02 Å². The summed E-state index contributed by atoms with van der Waals surface area (Å²) in [7, 11) is 1.88. The topological polar surface area (TPSA) is 65.1 Å². The SMILES string of the molecule is Cn1cc(CN2CC(C)(C)C(=C(O)c3ccc(Cl)cc3)C2=N)cn1. The molecule has 0 unspecified atom stereocenters. The van der Waals surface area contributed by atoms with Crippen molar-refractivity contribution >= 4 is 23.2 Å². The molecule has 2 aromatic rings. The second kappa shape index (κ2) is 5.98. The van der Waals surface area contributed by atoms with Crippen LogP contribution >= 0.6 is 11.6 Å². The molecule has 0 aliphatic carbocycles. The van der Waals surface area contributed by atoms with Gasteiger partial charge in [0, 0.05) is 53.5 Å². The predicted octanol–water partition coefficient (Wildman–Crippen LogP) is 3.86. The van der Waals surface area contributed by atoms with Crippen LogP contribution in [0.5, 0.6) is 0 Å². The summed E-state index contributed by atoms with van der Waals surface area (Å²) < 4.78 is 1.75. The molecule has 2 N–H and O–H groups in total. The Balaban J connectivity index is 1.94. The van der Waals surface area contributed by atoms with E-state index in [4.69, 9.17) is 17.0 Å². The molecule has 0 spiro atoms. The van der Waals surface area contributed by atoms with Gasteiger partial charge in [0.2, 0.25) is 0 Å². The van der Waals surface area contributed by atoms with Crippen LogP contribution in [-0.4, -0.2) is 32.2 Å². The lowest BCUT2D eigenvalue weighted by Gasteiger charge is -2.20. The van der Waals surface area contributed by atoms with Crippen LogP contribution in [0.4, 0.5) is 0 Å². The summed E-state index contributed by atoms with van der Waals surface area (Å²) in [6.45, 7) is 5.37. The van der Waals surface area contributed by atoms with Crippen LogP contribution in [-0.2, 0) is 13.6 Å². The highest BCUT2D eigenvalue weighted by atomic mass is 35.5. The van der Waals surface area contributed by atoms with Gasteiger partial charge in [-0.1, -0.05) is 25.4 Å². The number of hydrogen-bond acceptors (Lipinski definition) is 3. The molecule has 1 aromatic carbocycles. The van der Waals surface area contributed by atoms with Gasteiger partial charge < -0.3 is 10.0 Å². The smallest absolute Gasteiger partial charge is 0.130 e. The predicted molar refractivity (Wildman–Crippen MR) is 96.1 cm³/mol. The van der Waals surface area contributed by atoms with Crippen LogP contribution in [0.15, 0.2) is 42.2 Å². The van der Waals surface area contributed by atoms with Crippen LogP contribution in [0, 0.1) is 10.8 Å². The van der Waals surface area contributed by atoms with E-state index >= 15 is 0 Å². The van der Waals surface area contributed by atoms with Gasteiger partial charge in [-0.2, -0.15) is 5.10 Å². The van der Waals surface area contributed by atoms with Crippen molar-refractivity contribution in [3.8, 4) is 0 Å². The zero-order valence-corrected chi connectivity index (χ0v) is 14.8. The normalized spacial score (nSPS) is 19.0. The highest BCUT2D eigenvalue weighted by Crippen LogP contribution is 2.40. The van der Waals surface area contributed by atoms with Gasteiger partial charge in [-0.05, 0) is 24.3 Å². The van der Waals surface area contributed by atoms with Crippen molar-refractivity contribution in [2.45, 2.75) is 20.4 Å². The summed E-state index contributed by atoms with van der Waals surface area (Å²) >= 11 is 5.92. The van der Waals surface area contributed by atoms with Gasteiger partial charge in [0.15, 0.2) is 0 Å². The Bertz CT molecular complexity index is 805. The third kappa shape index (κ3) is 3.04. The first-order valence-corrected chi connectivity index (χ1v) is 8.17. The monoisotopic (exact) mass is 344 g/mol. The molecule has 1 fully saturated rings. The Morgan fingerprint density at radius 3 is 2.58 bits per heavy atom. The Morgan fingerprint density at radius 1 is 1.33 bits per heavy atom. The molecule has 0 bridgehead atoms. The van der Waals surface area contributed by atoms with E-state index in [0.717, 1.165) is 5.56 Å². The minimum absolute atomic E-state index is 0.148. The number of aliphatic hydroxyl groups is 1. The molecule has 0 saturated carbocycles. The van der Waals surface area contributed by atoms with Crippen LogP contribution < -0.4 is 0 Å². The minimum atomic E-state index is -0.316. The lowest BCUT2D eigenvalue weighted by Crippen LogP contribution is -2.25. The summed E-state index contributed by atoms with van der Waals surface area (Å²) in [5, 5.41) is 24.1. The summed E-state index contributed by atoms with van der Waals surface area (Å²) in [5.74, 6) is 0.506. The lowest BCUT2D eigenvalue weighted by atomic mass is 9.85. The molecule has 5 nitrogen and oxygen atoms in total. The van der Waals surface area contributed by atoms with Crippen molar-refractivity contribution in [2.24, 2.45) is 12.5 Å². The number of nitrogens with one attached hydrogen (secondary N) is 1. The van der Waals surface area contributed by atoms with Gasteiger partial charge in [-0.15, -0.1) is 0 Å². The average molecular weight is 345 g/mol. The largest absolute Gasteiger partial charge is 0.507 e. The molecule has 126 valence electrons. The molecule has 0 amide bonds. The highest BCUT2D eigenvalue weighted by Gasteiger charge is 2.41. The van der Waals surface area contributed by atoms with E-state index in [-0.39, 0.29) is 11.2 Å². The van der Waals surface area contributed by atoms with E-state index < -0.39 is 0 Å². The number of benzene rings is 1. The number of aryl methyl sites for hydroxylation is 1. The van der Waals surface area contributed by atoms with Gasteiger partial charge in [-0.25, -0.2) is 0 Å². The maximum absolute atomic E-state index is 10.8. The second-order valence-electron chi connectivity index (χ2n) is 6.84. The number of aliphatic hydroxyl groups excluding tert-OH is 1. The maximum Gasteiger partial charge on any atom is 0.130 e. The zero-order chi connectivity index (χ0) is 17.5. The van der Waals surface area contributed by atoms with Crippen molar-refractivity contribution in [3.63, 3.8) is 0 Å². The first-order chi connectivity index (χ1) is 11.3. The van der Waals surface area contributed by atoms with Crippen molar-refractivity contribution in [1.29, 1.82) is 5.41 Å². The molecule has 1 aromatic heterocycles. The number of rotatable bonds is 3. The van der Waals surface area contributed by atoms with Crippen LogP contribution in [0.25, 0.3) is 5.76 Å². The molecule has 0 atom stereocenters. The maximum atomic E-state index is 10.8. The van der Waals surface area contributed by atoms with Crippen molar-refractivity contribution in [3.05, 3.63) is 58.4 Å². The van der Waals surface area contributed by atoms with E-state index in [2.05, 4.69) is 5.10 Å². The number of hydrogen-bond donors (Lipinski definition) is 2. The number of likely N-dealkylation sites (tertiary alicyclic amines) is 1. The number of amidine groups is 1. The Hall–Kier alpha value is -2.27. The quantitative estimate of drug-likeness (QED) is 0.831. The number of aromatic nitrogens is 2. The fourth-order valence-corrected chi connectivity index (χ4v) is 3.33. The third-order valence-corrected chi connectivity index (χ3v) is 4.55. The van der Waals surface area contributed by atoms with Crippen molar-refractivity contribution in [1.82, 2.24) is 14.7 Å². The lowest BCUT2D eigenvalue weighted by molar-refractivity contribution is 0.336. The summed E-state index contributed by atoms with van der Waals surface area (Å²) in [6, 6.07) is 7.04. The minimum Gasteiger partial charge on any atom is -0.507 e. The van der Waals surface area contributed by atoms with Gasteiger partial charge in [0.1, 0.15) is 11.6 Å². The Labute approximate surface area is 146 Å². The van der Waals surface area contributed by atoms with E-state index in [1.807, 2.05) is 32.0 Å². The van der Waals surface area contributed by atoms with E-state index in [0.29, 0.717) is 35.1 Å². The molecule has 6 heteroatoms. The highest BCUT2D eigenvalue weighted by molar-refractivity contribution is 6.30. The molecule has 3 rings (SSSR count). The van der Waals surface area contributed by atoms with E-state index in [9.17, 15) is 5.11 Å². The molecule has 2 heterocycles. The number of nitrogens with zero attached hydrogens (tertiary/aromatic N) is 3. The number of halogens is 1. The Kier molecular flexibility index (Phi) is 4.13. The van der Waals surface area contributed by atoms with Gasteiger partial charge >= 0.3 is 0 Å². The summed E-state index contributed by atoms with van der Waals surface area (Å²) in [4.78, 5) is 1.97. The van der Waals surface area contributed by atoms with Crippen molar-refractivity contribution in [2.75, 3.05) is 6.54 Å². The molecule has 1 aliphatic rings. The zero-order valence-electron chi connectivity index (χ0n) is 14.0. The van der Waals surface area contributed by atoms with Crippen LogP contribution in [0.1, 0.15) is 25.0 Å². The Morgan fingerprint density at radius 2 is 2.00 bits per heavy atom. The third-order valence-electron chi connectivity index (χ3n) is 4.30. The first-order valence-electron chi connectivity index (χ1n) is 7.79. The standard InChI is InChI=1S/C18H21ClN4O/c1-18(2)11-23(10-12-8-21-22(3)9-12)17(20)15(18)16(24)13-4-6-14(19)7-5-13/h4-9,20,24H,10-11H2,1-3H3. The molecule has 1 saturated heterocycles. The molecular weight excluding hydrogens is 324 g/mol. The molecule has 0 radical (unpaired) electrons. The van der Waals surface area contributed by atoms with E-state index in [1.54, 1.807) is 35.1 Å². The van der Waals surface area contributed by atoms with Crippen molar-refractivity contribution < 1.29 is 5.11 Å². The molecule has 1 aliphatic heterocycles. The van der Waals surface area contributed by atoms with E-state index in [1.165, 1.54) is 0 Å². The first kappa shape index (κ1) is 16.6. The fourth-order valence-electron chi connectivity index (χ4n) is 3.21. The van der Waals surface area contributed by atoms with Gasteiger partial charge in [0.05, 0.1) is 6.20 Å².